The summed E-state index contributed by atoms with van der Waals surface area (Å²) in [7, 11) is 0. The highest BCUT2D eigenvalue weighted by molar-refractivity contribution is 7.13. The Morgan fingerprint density at radius 1 is 0.866 bits per heavy atom. The largest absolute Gasteiger partial charge is 0.508 e. The minimum atomic E-state index is -1.34. The van der Waals surface area contributed by atoms with Gasteiger partial charge in [0.15, 0.2) is 10.9 Å². The van der Waals surface area contributed by atoms with Crippen LogP contribution in [0.3, 0.4) is 0 Å². The summed E-state index contributed by atoms with van der Waals surface area (Å²) >= 11 is 1.19. The van der Waals surface area contributed by atoms with Crippen LogP contribution >= 0.6 is 11.3 Å². The summed E-state index contributed by atoms with van der Waals surface area (Å²) in [6, 6.07) is 15.9. The van der Waals surface area contributed by atoms with Gasteiger partial charge in [0.05, 0.1) is 16.8 Å². The summed E-state index contributed by atoms with van der Waals surface area (Å²) in [4.78, 5) is 92.1. The van der Waals surface area contributed by atoms with E-state index in [1.165, 1.54) is 22.4 Å². The molecule has 3 fully saturated rings. The maximum absolute atomic E-state index is 14.5. The van der Waals surface area contributed by atoms with E-state index in [4.69, 9.17) is 0 Å². The zero-order valence-electron chi connectivity index (χ0n) is 36.7. The predicted octanol–water partition coefficient (Wildman–Crippen LogP) is 5.00. The third-order valence-electron chi connectivity index (χ3n) is 13.7. The number of aromatic nitrogens is 3. The van der Waals surface area contributed by atoms with Gasteiger partial charge in [-0.3, -0.25) is 49.2 Å². The molecule has 4 atom stereocenters. The van der Waals surface area contributed by atoms with Gasteiger partial charge >= 0.3 is 0 Å². The summed E-state index contributed by atoms with van der Waals surface area (Å²) in [6.45, 7) is 8.56. The number of amides is 6. The number of piperidine rings is 2. The summed E-state index contributed by atoms with van der Waals surface area (Å²) in [5.74, 6) is -2.88. The minimum absolute atomic E-state index is 0.0409. The molecular formula is C48H47FN10O7S. The molecule has 4 unspecified atom stereocenters. The lowest BCUT2D eigenvalue weighted by Crippen LogP contribution is -2.58. The standard InChI is InChI=1S/C48H47FN10O7S/c1-26-22-56(32-6-7-33-35(21-32)47(66)59(46(33)65)38-9-12-41(61)51-43(38)62)23-27(2)57(26)24-28-13-16-55(17-14-28)40-11-8-37(53-54-40)29-3-4-30-25-58(45(64)34(30)19-29)42(36-20-31(49)5-10-39(36)60)44(63)52-48-50-15-18-67-48/h3-8,10-11,15,18-21,26-28,38,42,60H,9,12-14,16-17,22-25H2,1-2H3,(H,50,52,63)(H,51,61,62). The number of nitrogens with zero attached hydrogens (tertiary/aromatic N) is 8. The van der Waals surface area contributed by atoms with Crippen LogP contribution in [0.4, 0.5) is 21.0 Å². The van der Waals surface area contributed by atoms with Crippen molar-refractivity contribution in [3.63, 3.8) is 0 Å². The van der Waals surface area contributed by atoms with E-state index in [2.05, 4.69) is 54.4 Å². The van der Waals surface area contributed by atoms with E-state index in [9.17, 15) is 38.3 Å². The number of halogens is 1. The Labute approximate surface area is 388 Å². The second-order valence-electron chi connectivity index (χ2n) is 17.9. The average Bonchev–Trinajstić information content (AvgIpc) is 4.02. The lowest BCUT2D eigenvalue weighted by atomic mass is 9.94. The van der Waals surface area contributed by atoms with Gasteiger partial charge in [-0.2, -0.15) is 0 Å². The van der Waals surface area contributed by atoms with Crippen LogP contribution in [0.15, 0.2) is 78.3 Å². The van der Waals surface area contributed by atoms with Crippen LogP contribution in [0.25, 0.3) is 11.3 Å². The molecule has 10 rings (SSSR count). The van der Waals surface area contributed by atoms with Gasteiger partial charge in [-0.25, -0.2) is 9.37 Å². The Morgan fingerprint density at radius 2 is 1.64 bits per heavy atom. The van der Waals surface area contributed by atoms with Crippen LogP contribution in [-0.2, 0) is 20.9 Å². The molecule has 6 amide bonds. The monoisotopic (exact) mass is 926 g/mol. The van der Waals surface area contributed by atoms with Gasteiger partial charge in [-0.15, -0.1) is 21.5 Å². The third-order valence-corrected chi connectivity index (χ3v) is 14.4. The fourth-order valence-corrected chi connectivity index (χ4v) is 10.8. The average molecular weight is 927 g/mol. The van der Waals surface area contributed by atoms with Gasteiger partial charge in [-0.05, 0) is 99.2 Å². The van der Waals surface area contributed by atoms with E-state index < -0.39 is 53.3 Å². The molecule has 2 aromatic heterocycles. The Hall–Kier alpha value is -7.12. The zero-order valence-corrected chi connectivity index (χ0v) is 37.5. The summed E-state index contributed by atoms with van der Waals surface area (Å²) in [5, 5.41) is 26.8. The van der Waals surface area contributed by atoms with Crippen molar-refractivity contribution in [3.8, 4) is 17.0 Å². The van der Waals surface area contributed by atoms with E-state index in [1.807, 2.05) is 30.3 Å². The molecule has 67 heavy (non-hydrogen) atoms. The Balaban J connectivity index is 0.747. The van der Waals surface area contributed by atoms with Gasteiger partial charge in [0.25, 0.3) is 23.6 Å². The van der Waals surface area contributed by atoms with E-state index in [0.717, 1.165) is 80.2 Å². The Bertz CT molecular complexity index is 2810. The van der Waals surface area contributed by atoms with Gasteiger partial charge < -0.3 is 19.8 Å². The first-order valence-electron chi connectivity index (χ1n) is 22.4. The molecule has 3 saturated heterocycles. The van der Waals surface area contributed by atoms with Crippen molar-refractivity contribution >= 4 is 63.4 Å². The van der Waals surface area contributed by atoms with Crippen molar-refractivity contribution in [1.29, 1.82) is 0 Å². The first kappa shape index (κ1) is 43.8. The van der Waals surface area contributed by atoms with Crippen LogP contribution in [0, 0.1) is 11.7 Å². The van der Waals surface area contributed by atoms with Crippen LogP contribution in [0.2, 0.25) is 0 Å². The number of hydrogen-bond donors (Lipinski definition) is 3. The van der Waals surface area contributed by atoms with Gasteiger partial charge in [0.1, 0.15) is 23.7 Å². The fraction of sp³-hybridized carbons (Fsp3) is 0.354. The van der Waals surface area contributed by atoms with E-state index in [1.54, 1.807) is 23.6 Å². The highest BCUT2D eigenvalue weighted by Gasteiger charge is 2.45. The summed E-state index contributed by atoms with van der Waals surface area (Å²) in [5.41, 5.74) is 3.64. The Morgan fingerprint density at radius 3 is 2.36 bits per heavy atom. The Kier molecular flexibility index (Phi) is 11.5. The number of rotatable bonds is 10. The molecule has 0 saturated carbocycles. The van der Waals surface area contributed by atoms with Gasteiger partial charge in [-0.1, -0.05) is 12.1 Å². The number of aromatic hydroxyl groups is 1. The van der Waals surface area contributed by atoms with Gasteiger partial charge in [0.2, 0.25) is 11.8 Å². The molecule has 344 valence electrons. The lowest BCUT2D eigenvalue weighted by Gasteiger charge is -2.47. The highest BCUT2D eigenvalue weighted by Crippen LogP contribution is 2.39. The van der Waals surface area contributed by atoms with Crippen molar-refractivity contribution < 1.29 is 38.3 Å². The number of piperazine rings is 1. The fourth-order valence-electron chi connectivity index (χ4n) is 10.2. The molecule has 19 heteroatoms. The molecule has 3 N–H and O–H groups in total. The predicted molar refractivity (Wildman–Crippen MR) is 245 cm³/mol. The van der Waals surface area contributed by atoms with Gasteiger partial charge in [0, 0.05) is 91.7 Å². The molecule has 5 aliphatic rings. The highest BCUT2D eigenvalue weighted by atomic mass is 32.1. The number of thiazole rings is 1. The number of hydrogen-bond acceptors (Lipinski definition) is 14. The first-order valence-corrected chi connectivity index (χ1v) is 23.3. The minimum Gasteiger partial charge on any atom is -0.508 e. The molecule has 5 aromatic rings. The van der Waals surface area contributed by atoms with Crippen molar-refractivity contribution in [1.82, 2.24) is 35.2 Å². The van der Waals surface area contributed by atoms with Crippen molar-refractivity contribution in [2.75, 3.05) is 47.8 Å². The molecule has 0 aliphatic carbocycles. The molecule has 7 heterocycles. The van der Waals surface area contributed by atoms with Crippen molar-refractivity contribution in [2.24, 2.45) is 5.92 Å². The number of benzene rings is 3. The molecule has 5 aliphatic heterocycles. The van der Waals surface area contributed by atoms with Crippen molar-refractivity contribution in [2.45, 2.75) is 70.2 Å². The summed E-state index contributed by atoms with van der Waals surface area (Å²) in [6.07, 6.45) is 3.67. The SMILES string of the molecule is CC1CN(c2ccc3c(c2)C(=O)N(C2CCC(=O)NC2=O)C3=O)CC(C)N1CC1CCN(c2ccc(-c3ccc4c(c3)C(=O)N(C(C(=O)Nc3nccs3)c3cc(F)ccc3O)C4)nn2)CC1. The van der Waals surface area contributed by atoms with Crippen LogP contribution in [-0.4, -0.2) is 121 Å². The number of nitrogens with one attached hydrogen (secondary N) is 2. The molecule has 0 radical (unpaired) electrons. The molecule has 17 nitrogen and oxygen atoms in total. The molecular weight excluding hydrogens is 880 g/mol. The number of imide groups is 2. The number of fused-ring (bicyclic) bond motifs is 2. The third kappa shape index (κ3) is 8.26. The first-order chi connectivity index (χ1) is 32.3. The second kappa shape index (κ2) is 17.6. The maximum Gasteiger partial charge on any atom is 0.262 e. The number of anilines is 3. The van der Waals surface area contributed by atoms with Crippen LogP contribution in [0.5, 0.6) is 5.75 Å². The van der Waals surface area contributed by atoms with E-state index in [-0.39, 0.29) is 53.9 Å². The molecule has 0 bridgehead atoms. The van der Waals surface area contributed by atoms with E-state index in [0.29, 0.717) is 33.4 Å². The smallest absolute Gasteiger partial charge is 0.262 e. The molecule has 0 spiro atoms. The number of carbonyl (C=O) groups is 6. The van der Waals surface area contributed by atoms with Crippen LogP contribution in [0.1, 0.15) is 87.8 Å². The molecule has 3 aromatic carbocycles. The normalized spacial score (nSPS) is 21.7. The number of phenols is 1. The number of carbonyl (C=O) groups excluding carboxylic acids is 6. The maximum atomic E-state index is 14.5. The van der Waals surface area contributed by atoms with E-state index >= 15 is 0 Å². The summed E-state index contributed by atoms with van der Waals surface area (Å²) < 4.78 is 14.5. The van der Waals surface area contributed by atoms with Crippen molar-refractivity contribution in [3.05, 3.63) is 112 Å². The lowest BCUT2D eigenvalue weighted by molar-refractivity contribution is -0.136. The quantitative estimate of drug-likeness (QED) is 0.158. The number of phenolic OH excluding ortho intramolecular Hbond substituents is 1. The van der Waals surface area contributed by atoms with Crippen LogP contribution < -0.4 is 20.4 Å². The second-order valence-corrected chi connectivity index (χ2v) is 18.8. The topological polar surface area (TPSA) is 202 Å². The zero-order chi connectivity index (χ0) is 46.7.